The Bertz CT molecular complexity index is 806. The molecule has 0 aromatic heterocycles. The molecule has 1 heterocycles. The minimum Gasteiger partial charge on any atom is -0.370 e. The molecule has 1 unspecified atom stereocenters. The van der Waals surface area contributed by atoms with Crippen LogP contribution >= 0.6 is 34.8 Å². The van der Waals surface area contributed by atoms with Crippen molar-refractivity contribution in [3.05, 3.63) is 62.6 Å². The van der Waals surface area contributed by atoms with E-state index in [0.717, 1.165) is 5.56 Å². The maximum Gasteiger partial charge on any atom is 0.400 e. The van der Waals surface area contributed by atoms with E-state index < -0.39 is 11.6 Å². The lowest BCUT2D eigenvalue weighted by Gasteiger charge is -2.33. The fourth-order valence-electron chi connectivity index (χ4n) is 3.39. The summed E-state index contributed by atoms with van der Waals surface area (Å²) in [6.45, 7) is 0.278. The Morgan fingerprint density at radius 3 is 2.23 bits per heavy atom. The Kier molecular flexibility index (Phi) is 5.37. The van der Waals surface area contributed by atoms with E-state index >= 15 is 0 Å². The van der Waals surface area contributed by atoms with E-state index in [2.05, 4.69) is 0 Å². The molecule has 1 saturated heterocycles. The number of benzene rings is 2. The summed E-state index contributed by atoms with van der Waals surface area (Å²) in [7, 11) is 0. The van der Waals surface area contributed by atoms with Crippen molar-refractivity contribution in [1.82, 2.24) is 0 Å². The van der Waals surface area contributed by atoms with Crippen molar-refractivity contribution in [1.29, 1.82) is 0 Å². The van der Waals surface area contributed by atoms with Crippen molar-refractivity contribution in [3.63, 3.8) is 0 Å². The van der Waals surface area contributed by atoms with Crippen molar-refractivity contribution in [3.8, 4) is 0 Å². The van der Waals surface area contributed by atoms with E-state index in [0.29, 0.717) is 10.7 Å². The van der Waals surface area contributed by atoms with Crippen LogP contribution in [0.5, 0.6) is 0 Å². The predicted molar refractivity (Wildman–Crippen MR) is 100 cm³/mol. The Morgan fingerprint density at radius 2 is 1.69 bits per heavy atom. The second kappa shape index (κ2) is 7.12. The van der Waals surface area contributed by atoms with Gasteiger partial charge in [-0.1, -0.05) is 40.9 Å². The molecule has 0 spiro atoms. The molecule has 2 aromatic rings. The summed E-state index contributed by atoms with van der Waals surface area (Å²) in [5.41, 5.74) is 5.00. The quantitative estimate of drug-likeness (QED) is 0.674. The lowest BCUT2D eigenvalue weighted by Crippen LogP contribution is -2.44. The molecule has 2 nitrogen and oxygen atoms in total. The summed E-state index contributed by atoms with van der Waals surface area (Å²) in [5, 5.41) is 0.815. The molecule has 0 aliphatic carbocycles. The number of anilines is 1. The van der Waals surface area contributed by atoms with Gasteiger partial charge < -0.3 is 10.6 Å². The van der Waals surface area contributed by atoms with E-state index in [9.17, 15) is 13.2 Å². The lowest BCUT2D eigenvalue weighted by atomic mass is 9.79. The van der Waals surface area contributed by atoms with Crippen molar-refractivity contribution in [2.75, 3.05) is 18.0 Å². The van der Waals surface area contributed by atoms with Gasteiger partial charge in [-0.25, -0.2) is 0 Å². The van der Waals surface area contributed by atoms with Gasteiger partial charge in [-0.3, -0.25) is 0 Å². The second-order valence-corrected chi connectivity index (χ2v) is 7.67. The lowest BCUT2D eigenvalue weighted by molar-refractivity contribution is -0.184. The molecule has 1 atom stereocenters. The van der Waals surface area contributed by atoms with Gasteiger partial charge in [-0.15, -0.1) is 0 Å². The average molecular weight is 424 g/mol. The Balaban J connectivity index is 2.00. The number of rotatable bonds is 3. The van der Waals surface area contributed by atoms with Gasteiger partial charge in [0.05, 0.1) is 0 Å². The third-order valence-corrected chi connectivity index (χ3v) is 5.64. The van der Waals surface area contributed by atoms with Gasteiger partial charge in [0.2, 0.25) is 0 Å². The molecule has 8 heteroatoms. The SMILES string of the molecule is NCc1ccc(N2CCC(c3cc(Cl)cc(Cl)c3)(C(F)(F)F)C2)cc1Cl. The fourth-order valence-corrected chi connectivity index (χ4v) is 4.17. The highest BCUT2D eigenvalue weighted by Gasteiger charge is 2.59. The van der Waals surface area contributed by atoms with Crippen LogP contribution in [-0.2, 0) is 12.0 Å². The maximum absolute atomic E-state index is 14.1. The molecular weight excluding hydrogens is 408 g/mol. The van der Waals surface area contributed by atoms with Crippen LogP contribution in [0.3, 0.4) is 0 Å². The topological polar surface area (TPSA) is 29.3 Å². The highest BCUT2D eigenvalue weighted by atomic mass is 35.5. The Hall–Kier alpha value is -1.14. The van der Waals surface area contributed by atoms with E-state index in [1.807, 2.05) is 0 Å². The monoisotopic (exact) mass is 422 g/mol. The van der Waals surface area contributed by atoms with Crippen molar-refractivity contribution < 1.29 is 13.2 Å². The third-order valence-electron chi connectivity index (χ3n) is 4.85. The maximum atomic E-state index is 14.1. The van der Waals surface area contributed by atoms with Gasteiger partial charge in [0, 0.05) is 40.4 Å². The standard InChI is InChI=1S/C18H16Cl3F3N2/c19-13-5-12(6-14(20)7-13)17(18(22,23)24)3-4-26(10-17)15-2-1-11(9-25)16(21)8-15/h1-2,5-8H,3-4,9-10,25H2. The Labute approximate surface area is 164 Å². The molecule has 2 N–H and O–H groups in total. The molecule has 1 aliphatic rings. The van der Waals surface area contributed by atoms with Crippen LogP contribution in [0.4, 0.5) is 18.9 Å². The first-order chi connectivity index (χ1) is 12.2. The smallest absolute Gasteiger partial charge is 0.370 e. The van der Waals surface area contributed by atoms with Crippen molar-refractivity contribution in [2.45, 2.75) is 24.6 Å². The molecule has 0 radical (unpaired) electrons. The average Bonchev–Trinajstić information content (AvgIpc) is 3.00. The van der Waals surface area contributed by atoms with E-state index in [4.69, 9.17) is 40.5 Å². The van der Waals surface area contributed by atoms with Gasteiger partial charge in [0.15, 0.2) is 0 Å². The first-order valence-electron chi connectivity index (χ1n) is 7.93. The number of hydrogen-bond donors (Lipinski definition) is 1. The first kappa shape index (κ1) is 19.6. The van der Waals surface area contributed by atoms with Gasteiger partial charge in [-0.05, 0) is 47.9 Å². The highest BCUT2D eigenvalue weighted by molar-refractivity contribution is 6.34. The molecule has 0 bridgehead atoms. The number of halogens is 6. The van der Waals surface area contributed by atoms with Crippen LogP contribution in [-0.4, -0.2) is 19.3 Å². The van der Waals surface area contributed by atoms with Gasteiger partial charge in [0.25, 0.3) is 0 Å². The summed E-state index contributed by atoms with van der Waals surface area (Å²) in [6.07, 6.45) is -4.54. The third kappa shape index (κ3) is 3.50. The van der Waals surface area contributed by atoms with Crippen LogP contribution in [0.1, 0.15) is 17.5 Å². The van der Waals surface area contributed by atoms with E-state index in [-0.39, 0.29) is 41.7 Å². The summed E-state index contributed by atoms with van der Waals surface area (Å²) in [5.74, 6) is 0. The van der Waals surface area contributed by atoms with Crippen LogP contribution in [0, 0.1) is 0 Å². The first-order valence-corrected chi connectivity index (χ1v) is 9.06. The van der Waals surface area contributed by atoms with Crippen molar-refractivity contribution >= 4 is 40.5 Å². The van der Waals surface area contributed by atoms with Gasteiger partial charge in [-0.2, -0.15) is 13.2 Å². The number of nitrogens with two attached hydrogens (primary N) is 1. The molecule has 26 heavy (non-hydrogen) atoms. The van der Waals surface area contributed by atoms with Crippen LogP contribution in [0.15, 0.2) is 36.4 Å². The molecule has 0 saturated carbocycles. The highest BCUT2D eigenvalue weighted by Crippen LogP contribution is 2.49. The van der Waals surface area contributed by atoms with Crippen LogP contribution < -0.4 is 10.6 Å². The van der Waals surface area contributed by atoms with Crippen LogP contribution in [0.25, 0.3) is 0 Å². The zero-order valence-corrected chi connectivity index (χ0v) is 15.9. The minimum atomic E-state index is -4.45. The number of hydrogen-bond acceptors (Lipinski definition) is 2. The largest absolute Gasteiger partial charge is 0.400 e. The summed E-state index contributed by atoms with van der Waals surface area (Å²) >= 11 is 18.1. The number of alkyl halides is 3. The van der Waals surface area contributed by atoms with Crippen LogP contribution in [0.2, 0.25) is 15.1 Å². The van der Waals surface area contributed by atoms with E-state index in [1.54, 1.807) is 23.1 Å². The summed E-state index contributed by atoms with van der Waals surface area (Å²) in [4.78, 5) is 1.68. The number of nitrogens with zero attached hydrogens (tertiary/aromatic N) is 1. The molecule has 3 rings (SSSR count). The summed E-state index contributed by atoms with van der Waals surface area (Å²) < 4.78 is 42.3. The molecule has 140 valence electrons. The normalized spacial score (nSPS) is 20.7. The Morgan fingerprint density at radius 1 is 1.04 bits per heavy atom. The molecular formula is C18H16Cl3F3N2. The van der Waals surface area contributed by atoms with Crippen molar-refractivity contribution in [2.24, 2.45) is 5.73 Å². The fraction of sp³-hybridized carbons (Fsp3) is 0.333. The second-order valence-electron chi connectivity index (χ2n) is 6.39. The van der Waals surface area contributed by atoms with E-state index in [1.165, 1.54) is 18.2 Å². The predicted octanol–water partition coefficient (Wildman–Crippen LogP) is 5.82. The minimum absolute atomic E-state index is 0.0784. The molecule has 1 aliphatic heterocycles. The van der Waals surface area contributed by atoms with Gasteiger partial charge in [0.1, 0.15) is 5.41 Å². The summed E-state index contributed by atoms with van der Waals surface area (Å²) in [6, 6.07) is 9.24. The van der Waals surface area contributed by atoms with Gasteiger partial charge >= 0.3 is 6.18 Å². The molecule has 0 amide bonds. The zero-order valence-electron chi connectivity index (χ0n) is 13.6. The zero-order chi connectivity index (χ0) is 19.1. The molecule has 1 fully saturated rings. The molecule has 2 aromatic carbocycles.